The van der Waals surface area contributed by atoms with Gasteiger partial charge in [-0.2, -0.15) is 0 Å². The SMILES string of the molecule is Cn1c(NC(=O)COC(=O)c2ccc(Cl)c(Cl)c2)cc(=O)n(C)c1=O. The summed E-state index contributed by atoms with van der Waals surface area (Å²) in [5.74, 6) is -1.49. The van der Waals surface area contributed by atoms with E-state index in [0.717, 1.165) is 15.2 Å². The Labute approximate surface area is 151 Å². The highest BCUT2D eigenvalue weighted by atomic mass is 35.5. The van der Waals surface area contributed by atoms with Crippen molar-refractivity contribution in [3.63, 3.8) is 0 Å². The van der Waals surface area contributed by atoms with E-state index in [1.807, 2.05) is 0 Å². The summed E-state index contributed by atoms with van der Waals surface area (Å²) in [4.78, 5) is 47.1. The van der Waals surface area contributed by atoms with Crippen molar-refractivity contribution < 1.29 is 14.3 Å². The van der Waals surface area contributed by atoms with Crippen LogP contribution in [-0.4, -0.2) is 27.6 Å². The Morgan fingerprint density at radius 3 is 2.40 bits per heavy atom. The lowest BCUT2D eigenvalue weighted by molar-refractivity contribution is -0.119. The quantitative estimate of drug-likeness (QED) is 0.796. The minimum absolute atomic E-state index is 0.0105. The number of nitrogens with zero attached hydrogens (tertiary/aromatic N) is 2. The van der Waals surface area contributed by atoms with Gasteiger partial charge < -0.3 is 10.1 Å². The van der Waals surface area contributed by atoms with E-state index in [-0.39, 0.29) is 21.4 Å². The van der Waals surface area contributed by atoms with Gasteiger partial charge in [0.25, 0.3) is 11.5 Å². The number of ether oxygens (including phenoxy) is 1. The van der Waals surface area contributed by atoms with Crippen molar-refractivity contribution >= 4 is 40.9 Å². The molecule has 0 atom stereocenters. The summed E-state index contributed by atoms with van der Waals surface area (Å²) in [6.07, 6.45) is 0. The third-order valence-corrected chi connectivity index (χ3v) is 4.02. The van der Waals surface area contributed by atoms with Crippen LogP contribution in [0.4, 0.5) is 5.82 Å². The van der Waals surface area contributed by atoms with Crippen molar-refractivity contribution in [1.82, 2.24) is 9.13 Å². The largest absolute Gasteiger partial charge is 0.452 e. The molecule has 2 rings (SSSR count). The molecule has 1 amide bonds. The molecule has 8 nitrogen and oxygen atoms in total. The second-order valence-corrected chi connectivity index (χ2v) is 5.84. The third-order valence-electron chi connectivity index (χ3n) is 3.28. The van der Waals surface area contributed by atoms with E-state index in [4.69, 9.17) is 27.9 Å². The van der Waals surface area contributed by atoms with Gasteiger partial charge in [-0.3, -0.25) is 18.7 Å². The average molecular weight is 386 g/mol. The third kappa shape index (κ3) is 4.28. The number of anilines is 1. The molecule has 2 aromatic rings. The zero-order valence-electron chi connectivity index (χ0n) is 13.2. The number of carbonyl (C=O) groups excluding carboxylic acids is 2. The molecular formula is C15H13Cl2N3O5. The Bertz CT molecular complexity index is 965. The van der Waals surface area contributed by atoms with Gasteiger partial charge in [0.1, 0.15) is 5.82 Å². The van der Waals surface area contributed by atoms with E-state index in [9.17, 15) is 19.2 Å². The van der Waals surface area contributed by atoms with Gasteiger partial charge >= 0.3 is 11.7 Å². The molecule has 0 spiro atoms. The van der Waals surface area contributed by atoms with Gasteiger partial charge in [-0.25, -0.2) is 9.59 Å². The van der Waals surface area contributed by atoms with E-state index >= 15 is 0 Å². The first kappa shape index (κ1) is 18.8. The molecule has 25 heavy (non-hydrogen) atoms. The number of carbonyl (C=O) groups is 2. The van der Waals surface area contributed by atoms with Crippen LogP contribution >= 0.6 is 23.2 Å². The predicted molar refractivity (Wildman–Crippen MR) is 92.3 cm³/mol. The van der Waals surface area contributed by atoms with Gasteiger partial charge in [0.2, 0.25) is 0 Å². The topological polar surface area (TPSA) is 99.4 Å². The first-order valence-corrected chi connectivity index (χ1v) is 7.65. The van der Waals surface area contributed by atoms with Gasteiger partial charge in [0, 0.05) is 20.2 Å². The van der Waals surface area contributed by atoms with Crippen molar-refractivity contribution in [3.05, 3.63) is 60.7 Å². The molecule has 0 aliphatic carbocycles. The lowest BCUT2D eigenvalue weighted by Gasteiger charge is -2.11. The molecule has 0 saturated heterocycles. The second kappa shape index (κ2) is 7.54. The smallest absolute Gasteiger partial charge is 0.338 e. The number of rotatable bonds is 4. The van der Waals surface area contributed by atoms with Crippen LogP contribution < -0.4 is 16.6 Å². The number of aromatic nitrogens is 2. The number of nitrogens with one attached hydrogen (secondary N) is 1. The van der Waals surface area contributed by atoms with E-state index < -0.39 is 29.7 Å². The Balaban J connectivity index is 2.04. The molecule has 10 heteroatoms. The maximum atomic E-state index is 11.9. The fourth-order valence-corrected chi connectivity index (χ4v) is 2.17. The number of hydrogen-bond acceptors (Lipinski definition) is 5. The molecular weight excluding hydrogens is 373 g/mol. The standard InChI is InChI=1S/C15H13Cl2N3O5/c1-19-11(6-13(22)20(2)15(19)24)18-12(21)7-25-14(23)8-3-4-9(16)10(17)5-8/h3-6H,7H2,1-2H3,(H,18,21). The Hall–Kier alpha value is -2.58. The molecule has 0 aliphatic rings. The summed E-state index contributed by atoms with van der Waals surface area (Å²) >= 11 is 11.6. The van der Waals surface area contributed by atoms with Gasteiger partial charge in [-0.15, -0.1) is 0 Å². The molecule has 1 aromatic heterocycles. The van der Waals surface area contributed by atoms with E-state index in [1.165, 1.54) is 32.3 Å². The Morgan fingerprint density at radius 1 is 1.08 bits per heavy atom. The van der Waals surface area contributed by atoms with E-state index in [0.29, 0.717) is 0 Å². The van der Waals surface area contributed by atoms with Crippen LogP contribution in [0.3, 0.4) is 0 Å². The number of benzene rings is 1. The van der Waals surface area contributed by atoms with Crippen molar-refractivity contribution in [2.45, 2.75) is 0 Å². The number of amides is 1. The van der Waals surface area contributed by atoms with Crippen LogP contribution in [0, 0.1) is 0 Å². The molecule has 0 aliphatic heterocycles. The lowest BCUT2D eigenvalue weighted by atomic mass is 10.2. The van der Waals surface area contributed by atoms with Crippen molar-refractivity contribution in [3.8, 4) is 0 Å². The molecule has 0 fully saturated rings. The molecule has 1 aromatic carbocycles. The maximum Gasteiger partial charge on any atom is 0.338 e. The van der Waals surface area contributed by atoms with Crippen LogP contribution in [0.25, 0.3) is 0 Å². The van der Waals surface area contributed by atoms with Gasteiger partial charge in [-0.1, -0.05) is 23.2 Å². The highest BCUT2D eigenvalue weighted by Crippen LogP contribution is 2.22. The summed E-state index contributed by atoms with van der Waals surface area (Å²) in [5.41, 5.74) is -1.05. The van der Waals surface area contributed by atoms with E-state index in [1.54, 1.807) is 0 Å². The normalized spacial score (nSPS) is 10.4. The summed E-state index contributed by atoms with van der Waals surface area (Å²) in [6.45, 7) is -0.609. The summed E-state index contributed by atoms with van der Waals surface area (Å²) in [6, 6.07) is 5.23. The number of halogens is 2. The first-order chi connectivity index (χ1) is 11.7. The number of esters is 1. The summed E-state index contributed by atoms with van der Waals surface area (Å²) < 4.78 is 6.83. The fourth-order valence-electron chi connectivity index (χ4n) is 1.87. The second-order valence-electron chi connectivity index (χ2n) is 5.02. The number of hydrogen-bond donors (Lipinski definition) is 1. The molecule has 132 valence electrons. The van der Waals surface area contributed by atoms with Crippen LogP contribution in [0.2, 0.25) is 10.0 Å². The van der Waals surface area contributed by atoms with Crippen molar-refractivity contribution in [2.24, 2.45) is 14.1 Å². The summed E-state index contributed by atoms with van der Waals surface area (Å²) in [7, 11) is 2.70. The van der Waals surface area contributed by atoms with Crippen LogP contribution in [0.5, 0.6) is 0 Å². The molecule has 0 radical (unpaired) electrons. The molecule has 1 N–H and O–H groups in total. The van der Waals surface area contributed by atoms with Crippen molar-refractivity contribution in [1.29, 1.82) is 0 Å². The highest BCUT2D eigenvalue weighted by Gasteiger charge is 2.14. The molecule has 0 unspecified atom stereocenters. The van der Waals surface area contributed by atoms with Gasteiger partial charge in [0.05, 0.1) is 15.6 Å². The predicted octanol–water partition coefficient (Wildman–Crippen LogP) is 1.19. The van der Waals surface area contributed by atoms with Crippen LogP contribution in [-0.2, 0) is 23.6 Å². The van der Waals surface area contributed by atoms with Gasteiger partial charge in [0.15, 0.2) is 6.61 Å². The monoisotopic (exact) mass is 385 g/mol. The molecule has 1 heterocycles. The highest BCUT2D eigenvalue weighted by molar-refractivity contribution is 6.42. The Morgan fingerprint density at radius 2 is 1.76 bits per heavy atom. The minimum atomic E-state index is -0.772. The maximum absolute atomic E-state index is 11.9. The van der Waals surface area contributed by atoms with Crippen LogP contribution in [0.1, 0.15) is 10.4 Å². The minimum Gasteiger partial charge on any atom is -0.452 e. The summed E-state index contributed by atoms with van der Waals surface area (Å²) in [5, 5.41) is 2.79. The zero-order valence-corrected chi connectivity index (χ0v) is 14.7. The Kier molecular flexibility index (Phi) is 5.66. The van der Waals surface area contributed by atoms with Gasteiger partial charge in [-0.05, 0) is 18.2 Å². The first-order valence-electron chi connectivity index (χ1n) is 6.90. The fraction of sp³-hybridized carbons (Fsp3) is 0.200. The average Bonchev–Trinajstić information content (AvgIpc) is 2.58. The van der Waals surface area contributed by atoms with Crippen molar-refractivity contribution in [2.75, 3.05) is 11.9 Å². The lowest BCUT2D eigenvalue weighted by Crippen LogP contribution is -2.38. The molecule has 0 saturated carbocycles. The molecule has 0 bridgehead atoms. The van der Waals surface area contributed by atoms with Crippen LogP contribution in [0.15, 0.2) is 33.9 Å². The zero-order chi connectivity index (χ0) is 18.7. The van der Waals surface area contributed by atoms with E-state index in [2.05, 4.69) is 5.32 Å².